The fraction of sp³-hybridized carbons (Fsp3) is 0.478. The lowest BCUT2D eigenvalue weighted by Crippen LogP contribution is -2.42. The highest BCUT2D eigenvalue weighted by atomic mass is 31.1. The first-order chi connectivity index (χ1) is 18.9. The van der Waals surface area contributed by atoms with E-state index in [1.807, 2.05) is 0 Å². The topological polar surface area (TPSA) is 177 Å². The molecule has 1 amide bonds. The molecule has 3 heterocycles. The number of aromatic nitrogens is 2. The number of nitrogens with zero attached hydrogens (tertiary/aromatic N) is 2. The molecule has 2 aromatic rings. The van der Waals surface area contributed by atoms with Gasteiger partial charge in [0.2, 0.25) is 13.0 Å². The molecule has 3 N–H and O–H groups in total. The number of hydrogen-bond acceptors (Lipinski definition) is 11. The number of aliphatic hydroxyl groups is 1. The maximum absolute atomic E-state index is 14.9. The molecule has 0 radical (unpaired) electrons. The highest BCUT2D eigenvalue weighted by molar-refractivity contribution is 7.36. The maximum Gasteiger partial charge on any atom is 0.613 e. The van der Waals surface area contributed by atoms with Crippen molar-refractivity contribution in [1.29, 1.82) is 0 Å². The minimum absolute atomic E-state index is 0.0130. The summed E-state index contributed by atoms with van der Waals surface area (Å²) < 4.78 is 67.8. The molecule has 0 bridgehead atoms. The fourth-order valence-electron chi connectivity index (χ4n) is 3.72. The Balaban J connectivity index is 1.38. The van der Waals surface area contributed by atoms with Crippen molar-refractivity contribution in [2.45, 2.75) is 57.3 Å². The van der Waals surface area contributed by atoms with Gasteiger partial charge in [-0.25, -0.2) is 4.79 Å². The van der Waals surface area contributed by atoms with Crippen molar-refractivity contribution in [3.05, 3.63) is 46.5 Å². The lowest BCUT2D eigenvalue weighted by atomic mass is 10.1. The maximum atomic E-state index is 14.9. The van der Waals surface area contributed by atoms with Gasteiger partial charge in [0, 0.05) is 11.8 Å². The summed E-state index contributed by atoms with van der Waals surface area (Å²) in [6.45, 7) is 3.88. The van der Waals surface area contributed by atoms with E-state index in [1.54, 1.807) is 13.8 Å². The number of hydrogen-bond donors (Lipinski definition) is 3. The number of carbonyl (C=O) groups is 2. The molecule has 0 aliphatic carbocycles. The molecular formula is C23H26F2N4O10P+. The summed E-state index contributed by atoms with van der Waals surface area (Å²) in [5.41, 5.74) is -1.03. The Bertz CT molecular complexity index is 1360. The molecule has 14 nitrogen and oxygen atoms in total. The quantitative estimate of drug-likeness (QED) is 0.271. The van der Waals surface area contributed by atoms with E-state index in [0.717, 1.165) is 12.3 Å². The Hall–Kier alpha value is -3.56. The van der Waals surface area contributed by atoms with Crippen LogP contribution in [0.3, 0.4) is 0 Å². The van der Waals surface area contributed by atoms with Crippen LogP contribution in [0, 0.1) is 0 Å². The van der Waals surface area contributed by atoms with E-state index < -0.39 is 68.9 Å². The molecular weight excluding hydrogens is 561 g/mol. The molecule has 2 aliphatic heterocycles. The lowest BCUT2D eigenvalue weighted by molar-refractivity contribution is -0.149. The molecule has 216 valence electrons. The Morgan fingerprint density at radius 2 is 1.98 bits per heavy atom. The zero-order chi connectivity index (χ0) is 29.2. The normalized spacial score (nSPS) is 22.2. The van der Waals surface area contributed by atoms with Crippen LogP contribution < -0.4 is 25.6 Å². The largest absolute Gasteiger partial charge is 0.613 e. The van der Waals surface area contributed by atoms with Gasteiger partial charge in [-0.15, -0.1) is 4.52 Å². The second-order valence-electron chi connectivity index (χ2n) is 9.06. The molecule has 17 heteroatoms. The average molecular weight is 587 g/mol. The second kappa shape index (κ2) is 11.9. The number of carbonyl (C=O) groups excluding carboxylic acids is 2. The molecule has 0 spiro atoms. The van der Waals surface area contributed by atoms with Crippen LogP contribution in [0.15, 0.2) is 35.3 Å². The van der Waals surface area contributed by atoms with Gasteiger partial charge in [0.25, 0.3) is 5.91 Å². The molecule has 2 unspecified atom stereocenters. The van der Waals surface area contributed by atoms with Gasteiger partial charge < -0.3 is 29.4 Å². The van der Waals surface area contributed by atoms with E-state index in [1.165, 1.54) is 25.1 Å². The van der Waals surface area contributed by atoms with Crippen molar-refractivity contribution in [3.8, 4) is 11.5 Å². The summed E-state index contributed by atoms with van der Waals surface area (Å²) in [5, 5.41) is 14.8. The van der Waals surface area contributed by atoms with Crippen LogP contribution in [0.2, 0.25) is 0 Å². The minimum Gasteiger partial charge on any atom is -0.462 e. The van der Waals surface area contributed by atoms with Crippen molar-refractivity contribution >= 4 is 25.9 Å². The van der Waals surface area contributed by atoms with Crippen LogP contribution in [0.5, 0.6) is 11.5 Å². The Morgan fingerprint density at radius 3 is 2.67 bits per heavy atom. The van der Waals surface area contributed by atoms with E-state index >= 15 is 0 Å². The molecule has 0 saturated carbocycles. The van der Waals surface area contributed by atoms with Crippen molar-refractivity contribution in [2.75, 3.05) is 18.7 Å². The van der Waals surface area contributed by atoms with Crippen LogP contribution in [-0.2, 0) is 23.4 Å². The number of alkyl halides is 2. The third kappa shape index (κ3) is 6.42. The standard InChI is InChI=1S/C23H25F2N4O10P/c1-11(2)38-20(32)12(3)28-40(34)37-9-16-18(30)23(24,25)21(39-16)29-7-6-17(27-22(29)33)26-19(31)13-4-5-14-15(8-13)36-10-35-14/h4-8,11-12,16,18,21,30H,9-10H2,1-3H3,(H-,26,27,28,31,33,34)/p+1/t12-,16?,18-,21+/m0/s1. The van der Waals surface area contributed by atoms with E-state index in [2.05, 4.69) is 15.4 Å². The monoisotopic (exact) mass is 587 g/mol. The molecule has 1 saturated heterocycles. The van der Waals surface area contributed by atoms with Crippen molar-refractivity contribution in [1.82, 2.24) is 14.6 Å². The van der Waals surface area contributed by atoms with Crippen LogP contribution in [0.1, 0.15) is 37.4 Å². The van der Waals surface area contributed by atoms with Gasteiger partial charge in [-0.1, -0.05) is 5.09 Å². The van der Waals surface area contributed by atoms with E-state index in [4.69, 9.17) is 23.5 Å². The molecule has 4 rings (SSSR count). The number of halogens is 2. The van der Waals surface area contributed by atoms with E-state index in [-0.39, 0.29) is 18.2 Å². The van der Waals surface area contributed by atoms with Crippen LogP contribution in [-0.4, -0.2) is 70.2 Å². The number of ether oxygens (including phenoxy) is 4. The number of anilines is 1. The molecule has 1 fully saturated rings. The van der Waals surface area contributed by atoms with E-state index in [0.29, 0.717) is 16.1 Å². The smallest absolute Gasteiger partial charge is 0.462 e. The summed E-state index contributed by atoms with van der Waals surface area (Å²) in [5.74, 6) is -4.72. The highest BCUT2D eigenvalue weighted by Crippen LogP contribution is 2.43. The summed E-state index contributed by atoms with van der Waals surface area (Å²) in [4.78, 5) is 40.5. The van der Waals surface area contributed by atoms with Gasteiger partial charge in [-0.05, 0) is 49.6 Å². The molecule has 1 aromatic carbocycles. The minimum atomic E-state index is -3.97. The zero-order valence-electron chi connectivity index (χ0n) is 21.4. The van der Waals surface area contributed by atoms with Crippen molar-refractivity contribution < 1.29 is 51.5 Å². The fourth-order valence-corrected chi connectivity index (χ4v) is 4.50. The Kier molecular flexibility index (Phi) is 8.75. The first-order valence-electron chi connectivity index (χ1n) is 11.9. The first kappa shape index (κ1) is 29.4. The Labute approximate surface area is 226 Å². The summed E-state index contributed by atoms with van der Waals surface area (Å²) in [6, 6.07) is 4.49. The van der Waals surface area contributed by atoms with Gasteiger partial charge in [0.1, 0.15) is 24.6 Å². The average Bonchev–Trinajstić information content (AvgIpc) is 3.44. The van der Waals surface area contributed by atoms with Crippen LogP contribution in [0.4, 0.5) is 14.6 Å². The summed E-state index contributed by atoms with van der Waals surface area (Å²) in [7, 11) is -2.72. The molecule has 2 aliphatic rings. The number of rotatable bonds is 10. The lowest BCUT2D eigenvalue weighted by Gasteiger charge is -2.21. The SMILES string of the molecule is CC(C)OC(=O)[C@H](C)N[P+](=O)OCC1O[C@@H](n2ccc(NC(=O)c3ccc4c(c3)OCO4)nc2=O)C(F)(F)[C@H]1O. The zero-order valence-corrected chi connectivity index (χ0v) is 22.3. The molecule has 40 heavy (non-hydrogen) atoms. The highest BCUT2D eigenvalue weighted by Gasteiger charge is 2.60. The van der Waals surface area contributed by atoms with Crippen LogP contribution in [0.25, 0.3) is 0 Å². The van der Waals surface area contributed by atoms with Gasteiger partial charge in [0.05, 0.1) is 6.10 Å². The predicted octanol–water partition coefficient (Wildman–Crippen LogP) is 1.72. The number of nitrogens with one attached hydrogen (secondary N) is 2. The van der Waals surface area contributed by atoms with Gasteiger partial charge in [-0.3, -0.25) is 14.2 Å². The summed E-state index contributed by atoms with van der Waals surface area (Å²) >= 11 is 0. The predicted molar refractivity (Wildman–Crippen MR) is 131 cm³/mol. The molecule has 1 aromatic heterocycles. The number of esters is 1. The number of fused-ring (bicyclic) bond motifs is 1. The van der Waals surface area contributed by atoms with Gasteiger partial charge >= 0.3 is 25.8 Å². The number of aliphatic hydroxyl groups excluding tert-OH is 1. The third-order valence-electron chi connectivity index (χ3n) is 5.70. The first-order valence-corrected chi connectivity index (χ1v) is 13.1. The molecule has 5 atom stereocenters. The van der Waals surface area contributed by atoms with Crippen molar-refractivity contribution in [3.63, 3.8) is 0 Å². The number of benzene rings is 1. The number of amides is 1. The Morgan fingerprint density at radius 1 is 1.25 bits per heavy atom. The van der Waals surface area contributed by atoms with Gasteiger partial charge in [0.15, 0.2) is 17.6 Å². The third-order valence-corrected chi connectivity index (χ3v) is 6.68. The summed E-state index contributed by atoms with van der Waals surface area (Å²) in [6.07, 6.45) is -5.88. The van der Waals surface area contributed by atoms with E-state index in [9.17, 15) is 32.8 Å². The van der Waals surface area contributed by atoms with Crippen LogP contribution >= 0.6 is 8.18 Å². The van der Waals surface area contributed by atoms with Crippen molar-refractivity contribution in [2.24, 2.45) is 0 Å². The second-order valence-corrected chi connectivity index (χ2v) is 10.1. The van der Waals surface area contributed by atoms with Gasteiger partial charge in [-0.2, -0.15) is 13.8 Å².